The molecule has 0 spiro atoms. The van der Waals surface area contributed by atoms with E-state index in [2.05, 4.69) is 10.6 Å². The average molecular weight is 483 g/mol. The Bertz CT molecular complexity index is 1540. The van der Waals surface area contributed by atoms with E-state index in [-0.39, 0.29) is 11.5 Å². The van der Waals surface area contributed by atoms with Gasteiger partial charge in [0.15, 0.2) is 0 Å². The number of amides is 4. The second kappa shape index (κ2) is 9.50. The Morgan fingerprint density at radius 3 is 2.67 bits per heavy atom. The molecule has 2 heterocycles. The van der Waals surface area contributed by atoms with E-state index in [4.69, 9.17) is 0 Å². The van der Waals surface area contributed by atoms with E-state index in [1.54, 1.807) is 24.3 Å². The maximum Gasteiger partial charge on any atom is 0.329 e. The molecule has 8 heteroatoms. The SMILES string of the molecule is Cc1ccccc1NC(=O)CN1C(=O)N/C(=C/c2ccc3c(ccn3Cc3cccc(F)c3)c2)C1=O. The fourth-order valence-corrected chi connectivity index (χ4v) is 4.21. The zero-order chi connectivity index (χ0) is 25.2. The lowest BCUT2D eigenvalue weighted by molar-refractivity contribution is -0.127. The van der Waals surface area contributed by atoms with Gasteiger partial charge in [0.25, 0.3) is 5.91 Å². The maximum atomic E-state index is 13.5. The van der Waals surface area contributed by atoms with Gasteiger partial charge in [-0.05, 0) is 66.1 Å². The molecule has 1 aliphatic rings. The Labute approximate surface area is 206 Å². The molecule has 7 nitrogen and oxygen atoms in total. The Balaban J connectivity index is 1.30. The van der Waals surface area contributed by atoms with E-state index in [1.165, 1.54) is 12.1 Å². The number of carbonyl (C=O) groups is 3. The minimum absolute atomic E-state index is 0.0993. The van der Waals surface area contributed by atoms with Gasteiger partial charge in [0.2, 0.25) is 5.91 Å². The molecule has 1 aromatic heterocycles. The van der Waals surface area contributed by atoms with Gasteiger partial charge in [-0.2, -0.15) is 0 Å². The van der Waals surface area contributed by atoms with Crippen LogP contribution in [-0.4, -0.2) is 33.9 Å². The molecule has 2 N–H and O–H groups in total. The Morgan fingerprint density at radius 2 is 1.86 bits per heavy atom. The highest BCUT2D eigenvalue weighted by molar-refractivity contribution is 6.16. The van der Waals surface area contributed by atoms with Gasteiger partial charge < -0.3 is 15.2 Å². The summed E-state index contributed by atoms with van der Waals surface area (Å²) in [5.41, 5.74) is 4.14. The summed E-state index contributed by atoms with van der Waals surface area (Å²) in [6.45, 7) is 1.99. The van der Waals surface area contributed by atoms with Gasteiger partial charge in [-0.15, -0.1) is 0 Å². The van der Waals surface area contributed by atoms with Crippen LogP contribution < -0.4 is 10.6 Å². The summed E-state index contributed by atoms with van der Waals surface area (Å²) < 4.78 is 15.5. The standard InChI is InChI=1S/C28H23FN4O3/c1-18-5-2-3-8-23(18)30-26(34)17-33-27(35)24(31-28(33)36)15-19-9-10-25-21(13-19)11-12-32(25)16-20-6-4-7-22(29)14-20/h2-15H,16-17H2,1H3,(H,30,34)(H,31,36)/b24-15+. The smallest absolute Gasteiger partial charge is 0.329 e. The minimum atomic E-state index is -0.645. The van der Waals surface area contributed by atoms with Gasteiger partial charge in [-0.25, -0.2) is 14.1 Å². The number of para-hydroxylation sites is 1. The van der Waals surface area contributed by atoms with Crippen molar-refractivity contribution in [1.29, 1.82) is 0 Å². The van der Waals surface area contributed by atoms with Crippen LogP contribution in [0.3, 0.4) is 0 Å². The Kier molecular flexibility index (Phi) is 6.08. The molecule has 0 bridgehead atoms. The molecule has 1 aliphatic heterocycles. The van der Waals surface area contributed by atoms with Crippen molar-refractivity contribution >= 4 is 40.5 Å². The van der Waals surface area contributed by atoms with Crippen molar-refractivity contribution < 1.29 is 18.8 Å². The summed E-state index contributed by atoms with van der Waals surface area (Å²) in [5.74, 6) is -1.30. The largest absolute Gasteiger partial charge is 0.343 e. The van der Waals surface area contributed by atoms with Gasteiger partial charge in [-0.3, -0.25) is 9.59 Å². The van der Waals surface area contributed by atoms with Crippen LogP contribution in [0, 0.1) is 12.7 Å². The number of imide groups is 1. The first-order chi connectivity index (χ1) is 17.4. The molecule has 1 saturated heterocycles. The van der Waals surface area contributed by atoms with Crippen LogP contribution in [0.5, 0.6) is 0 Å². The lowest BCUT2D eigenvalue weighted by Crippen LogP contribution is -2.38. The number of nitrogens with one attached hydrogen (secondary N) is 2. The molecule has 36 heavy (non-hydrogen) atoms. The molecule has 0 radical (unpaired) electrons. The Hall–Kier alpha value is -4.72. The highest BCUT2D eigenvalue weighted by Gasteiger charge is 2.35. The summed E-state index contributed by atoms with van der Waals surface area (Å²) >= 11 is 0. The normalized spacial score (nSPS) is 14.5. The third kappa shape index (κ3) is 4.74. The topological polar surface area (TPSA) is 83.4 Å². The summed E-state index contributed by atoms with van der Waals surface area (Å²) in [4.78, 5) is 38.6. The van der Waals surface area contributed by atoms with Crippen molar-refractivity contribution in [2.45, 2.75) is 13.5 Å². The Morgan fingerprint density at radius 1 is 1.03 bits per heavy atom. The molecule has 5 rings (SSSR count). The van der Waals surface area contributed by atoms with Gasteiger partial charge in [0, 0.05) is 29.3 Å². The zero-order valence-electron chi connectivity index (χ0n) is 19.5. The fraction of sp³-hybridized carbons (Fsp3) is 0.107. The highest BCUT2D eigenvalue weighted by Crippen LogP contribution is 2.22. The maximum absolute atomic E-state index is 13.5. The number of hydrogen-bond donors (Lipinski definition) is 2. The lowest BCUT2D eigenvalue weighted by Gasteiger charge is -2.13. The molecular weight excluding hydrogens is 459 g/mol. The number of urea groups is 1. The third-order valence-corrected chi connectivity index (χ3v) is 6.03. The van der Waals surface area contributed by atoms with Crippen LogP contribution in [0.15, 0.2) is 84.7 Å². The number of halogens is 1. The number of aromatic nitrogens is 1. The molecule has 0 saturated carbocycles. The zero-order valence-corrected chi connectivity index (χ0v) is 19.5. The quantitative estimate of drug-likeness (QED) is 0.310. The predicted octanol–water partition coefficient (Wildman–Crippen LogP) is 4.67. The first-order valence-electron chi connectivity index (χ1n) is 11.4. The van der Waals surface area contributed by atoms with Crippen molar-refractivity contribution in [1.82, 2.24) is 14.8 Å². The summed E-state index contributed by atoms with van der Waals surface area (Å²) in [5, 5.41) is 6.22. The van der Waals surface area contributed by atoms with E-state index in [0.29, 0.717) is 12.2 Å². The third-order valence-electron chi connectivity index (χ3n) is 6.03. The van der Waals surface area contributed by atoms with Gasteiger partial charge in [-0.1, -0.05) is 36.4 Å². The number of aryl methyl sites for hydroxylation is 1. The average Bonchev–Trinajstić information content (AvgIpc) is 3.36. The van der Waals surface area contributed by atoms with Crippen LogP contribution >= 0.6 is 0 Å². The number of fused-ring (bicyclic) bond motifs is 1. The lowest BCUT2D eigenvalue weighted by atomic mass is 10.1. The summed E-state index contributed by atoms with van der Waals surface area (Å²) in [6, 6.07) is 20.7. The summed E-state index contributed by atoms with van der Waals surface area (Å²) in [6.07, 6.45) is 3.51. The second-order valence-corrected chi connectivity index (χ2v) is 8.63. The van der Waals surface area contributed by atoms with Crippen LogP contribution in [-0.2, 0) is 16.1 Å². The number of anilines is 1. The molecule has 0 unspecified atom stereocenters. The highest BCUT2D eigenvalue weighted by atomic mass is 19.1. The van der Waals surface area contributed by atoms with Crippen molar-refractivity contribution in [3.8, 4) is 0 Å². The van der Waals surface area contributed by atoms with E-state index < -0.39 is 24.4 Å². The van der Waals surface area contributed by atoms with Gasteiger partial charge in [0.05, 0.1) is 0 Å². The molecule has 4 aromatic rings. The van der Waals surface area contributed by atoms with Crippen LogP contribution in [0.1, 0.15) is 16.7 Å². The van der Waals surface area contributed by atoms with E-state index in [1.807, 2.05) is 60.2 Å². The number of rotatable bonds is 6. The van der Waals surface area contributed by atoms with Crippen LogP contribution in [0.2, 0.25) is 0 Å². The monoisotopic (exact) mass is 482 g/mol. The number of benzene rings is 3. The van der Waals surface area contributed by atoms with Crippen LogP contribution in [0.4, 0.5) is 14.9 Å². The van der Waals surface area contributed by atoms with Crippen molar-refractivity contribution in [3.05, 3.63) is 107 Å². The van der Waals surface area contributed by atoms with Crippen molar-refractivity contribution in [2.24, 2.45) is 0 Å². The molecule has 180 valence electrons. The first kappa shape index (κ1) is 23.0. The molecule has 0 atom stereocenters. The fourth-order valence-electron chi connectivity index (χ4n) is 4.21. The van der Waals surface area contributed by atoms with Gasteiger partial charge in [0.1, 0.15) is 18.1 Å². The predicted molar refractivity (Wildman–Crippen MR) is 135 cm³/mol. The molecule has 3 aromatic carbocycles. The molecule has 1 fully saturated rings. The number of nitrogens with zero attached hydrogens (tertiary/aromatic N) is 2. The molecule has 4 amide bonds. The van der Waals surface area contributed by atoms with E-state index in [9.17, 15) is 18.8 Å². The van der Waals surface area contributed by atoms with Crippen molar-refractivity contribution in [3.63, 3.8) is 0 Å². The minimum Gasteiger partial charge on any atom is -0.343 e. The molecular formula is C28H23FN4O3. The van der Waals surface area contributed by atoms with Crippen molar-refractivity contribution in [2.75, 3.05) is 11.9 Å². The van der Waals surface area contributed by atoms with E-state index in [0.717, 1.165) is 32.5 Å². The second-order valence-electron chi connectivity index (χ2n) is 8.63. The number of carbonyl (C=O) groups excluding carboxylic acids is 3. The van der Waals surface area contributed by atoms with Crippen LogP contribution in [0.25, 0.3) is 17.0 Å². The van der Waals surface area contributed by atoms with E-state index >= 15 is 0 Å². The number of hydrogen-bond acceptors (Lipinski definition) is 3. The molecule has 0 aliphatic carbocycles. The first-order valence-corrected chi connectivity index (χ1v) is 11.4. The van der Waals surface area contributed by atoms with Gasteiger partial charge >= 0.3 is 6.03 Å². The summed E-state index contributed by atoms with van der Waals surface area (Å²) in [7, 11) is 0.